The summed E-state index contributed by atoms with van der Waals surface area (Å²) in [7, 11) is 0. The predicted molar refractivity (Wildman–Crippen MR) is 85.8 cm³/mol. The van der Waals surface area contributed by atoms with Crippen LogP contribution in [0.2, 0.25) is 0 Å². The van der Waals surface area contributed by atoms with Gasteiger partial charge in [-0.3, -0.25) is 0 Å². The van der Waals surface area contributed by atoms with Crippen molar-refractivity contribution in [3.63, 3.8) is 0 Å². The molecule has 0 spiro atoms. The van der Waals surface area contributed by atoms with Crippen molar-refractivity contribution in [2.24, 2.45) is 0 Å². The van der Waals surface area contributed by atoms with Crippen LogP contribution >= 0.6 is 0 Å². The Morgan fingerprint density at radius 2 is 1.47 bits per heavy atom. The van der Waals surface area contributed by atoms with Crippen molar-refractivity contribution in [3.8, 4) is 0 Å². The van der Waals surface area contributed by atoms with Crippen LogP contribution in [0, 0.1) is 0 Å². The van der Waals surface area contributed by atoms with Gasteiger partial charge in [0.05, 0.1) is 12.7 Å². The average molecular weight is 271 g/mol. The minimum atomic E-state index is 0.347. The summed E-state index contributed by atoms with van der Waals surface area (Å²) >= 11 is 0. The second-order valence-corrected chi connectivity index (χ2v) is 5.94. The molecule has 0 heterocycles. The SMILES string of the molecule is CCCCCCCCCC(COC(C)C)NCCC. The van der Waals surface area contributed by atoms with Crippen LogP contribution in [0.3, 0.4) is 0 Å². The van der Waals surface area contributed by atoms with Crippen LogP contribution in [0.4, 0.5) is 0 Å². The molecule has 0 saturated heterocycles. The molecule has 0 aliphatic heterocycles. The molecule has 0 radical (unpaired) electrons. The lowest BCUT2D eigenvalue weighted by Gasteiger charge is -2.20. The topological polar surface area (TPSA) is 21.3 Å². The highest BCUT2D eigenvalue weighted by molar-refractivity contribution is 4.66. The Bertz CT molecular complexity index is 171. The van der Waals surface area contributed by atoms with Gasteiger partial charge in [-0.1, -0.05) is 58.8 Å². The van der Waals surface area contributed by atoms with Crippen LogP contribution in [-0.2, 0) is 4.74 Å². The molecule has 2 nitrogen and oxygen atoms in total. The van der Waals surface area contributed by atoms with E-state index in [9.17, 15) is 0 Å². The van der Waals surface area contributed by atoms with Crippen LogP contribution < -0.4 is 5.32 Å². The molecule has 0 amide bonds. The second kappa shape index (κ2) is 14.3. The third-order valence-electron chi connectivity index (χ3n) is 3.47. The first-order chi connectivity index (χ1) is 9.20. The van der Waals surface area contributed by atoms with Gasteiger partial charge in [0.2, 0.25) is 0 Å². The molecule has 0 saturated carbocycles. The molecule has 1 N–H and O–H groups in total. The van der Waals surface area contributed by atoms with Gasteiger partial charge >= 0.3 is 0 Å². The molecule has 0 fully saturated rings. The highest BCUT2D eigenvalue weighted by atomic mass is 16.5. The van der Waals surface area contributed by atoms with Gasteiger partial charge in [0.15, 0.2) is 0 Å². The third-order valence-corrected chi connectivity index (χ3v) is 3.47. The maximum atomic E-state index is 5.75. The Morgan fingerprint density at radius 3 is 2.05 bits per heavy atom. The number of nitrogens with one attached hydrogen (secondary N) is 1. The second-order valence-electron chi connectivity index (χ2n) is 5.94. The van der Waals surface area contributed by atoms with Gasteiger partial charge < -0.3 is 10.1 Å². The molecule has 1 atom stereocenters. The monoisotopic (exact) mass is 271 g/mol. The van der Waals surface area contributed by atoms with Crippen molar-refractivity contribution in [2.75, 3.05) is 13.2 Å². The molecule has 0 aliphatic rings. The molecule has 0 aromatic carbocycles. The highest BCUT2D eigenvalue weighted by Crippen LogP contribution is 2.10. The van der Waals surface area contributed by atoms with Crippen molar-refractivity contribution >= 4 is 0 Å². The number of rotatable bonds is 14. The van der Waals surface area contributed by atoms with E-state index < -0.39 is 0 Å². The number of hydrogen-bond donors (Lipinski definition) is 1. The van der Waals surface area contributed by atoms with Gasteiger partial charge in [-0.2, -0.15) is 0 Å². The first-order valence-electron chi connectivity index (χ1n) is 8.55. The van der Waals surface area contributed by atoms with E-state index in [1.807, 2.05) is 0 Å². The van der Waals surface area contributed by atoms with Gasteiger partial charge in [-0.15, -0.1) is 0 Å². The van der Waals surface area contributed by atoms with Gasteiger partial charge in [-0.25, -0.2) is 0 Å². The Hall–Kier alpha value is -0.0800. The van der Waals surface area contributed by atoms with Crippen molar-refractivity contribution < 1.29 is 4.74 Å². The quantitative estimate of drug-likeness (QED) is 0.453. The molecule has 0 rings (SSSR count). The Labute approximate surface area is 121 Å². The lowest BCUT2D eigenvalue weighted by atomic mass is 10.1. The smallest absolute Gasteiger partial charge is 0.0623 e. The number of ether oxygens (including phenoxy) is 1. The molecule has 19 heavy (non-hydrogen) atoms. The fraction of sp³-hybridized carbons (Fsp3) is 1.00. The summed E-state index contributed by atoms with van der Waals surface area (Å²) in [5.41, 5.74) is 0. The van der Waals surface area contributed by atoms with Crippen molar-refractivity contribution in [3.05, 3.63) is 0 Å². The van der Waals surface area contributed by atoms with Crippen LogP contribution in [-0.4, -0.2) is 25.3 Å². The predicted octanol–water partition coefficient (Wildman–Crippen LogP) is 4.92. The lowest BCUT2D eigenvalue weighted by molar-refractivity contribution is 0.0590. The maximum absolute atomic E-state index is 5.75. The zero-order valence-corrected chi connectivity index (χ0v) is 13.8. The largest absolute Gasteiger partial charge is 0.377 e. The third kappa shape index (κ3) is 14.1. The first-order valence-corrected chi connectivity index (χ1v) is 8.55. The van der Waals surface area contributed by atoms with Crippen LogP contribution in [0.25, 0.3) is 0 Å². The summed E-state index contributed by atoms with van der Waals surface area (Å²) < 4.78 is 5.75. The van der Waals surface area contributed by atoms with Crippen LogP contribution in [0.15, 0.2) is 0 Å². The Morgan fingerprint density at radius 1 is 0.842 bits per heavy atom. The zero-order chi connectivity index (χ0) is 14.3. The molecule has 0 aromatic rings. The van der Waals surface area contributed by atoms with E-state index in [2.05, 4.69) is 33.0 Å². The minimum Gasteiger partial charge on any atom is -0.377 e. The van der Waals surface area contributed by atoms with Gasteiger partial charge in [-0.05, 0) is 33.2 Å². The fourth-order valence-electron chi connectivity index (χ4n) is 2.25. The molecular weight excluding hydrogens is 234 g/mol. The van der Waals surface area contributed by atoms with E-state index in [1.54, 1.807) is 0 Å². The van der Waals surface area contributed by atoms with E-state index in [4.69, 9.17) is 4.74 Å². The van der Waals surface area contributed by atoms with Gasteiger partial charge in [0, 0.05) is 6.04 Å². The Kier molecular flexibility index (Phi) is 14.3. The summed E-state index contributed by atoms with van der Waals surface area (Å²) in [6, 6.07) is 0.554. The van der Waals surface area contributed by atoms with E-state index in [0.717, 1.165) is 13.2 Å². The summed E-state index contributed by atoms with van der Waals surface area (Å²) in [5, 5.41) is 3.61. The van der Waals surface area contributed by atoms with Crippen LogP contribution in [0.5, 0.6) is 0 Å². The van der Waals surface area contributed by atoms with E-state index in [-0.39, 0.29) is 0 Å². The average Bonchev–Trinajstić information content (AvgIpc) is 2.39. The fourth-order valence-corrected chi connectivity index (χ4v) is 2.25. The van der Waals surface area contributed by atoms with Crippen molar-refractivity contribution in [1.82, 2.24) is 5.32 Å². The molecule has 0 aliphatic carbocycles. The summed E-state index contributed by atoms with van der Waals surface area (Å²) in [6.07, 6.45) is 12.5. The molecular formula is C17H37NO. The number of hydrogen-bond acceptors (Lipinski definition) is 2. The molecule has 0 aromatic heterocycles. The summed E-state index contributed by atoms with van der Waals surface area (Å²) in [4.78, 5) is 0. The summed E-state index contributed by atoms with van der Waals surface area (Å²) in [5.74, 6) is 0. The lowest BCUT2D eigenvalue weighted by Crippen LogP contribution is -2.34. The van der Waals surface area contributed by atoms with Crippen LogP contribution in [0.1, 0.15) is 85.5 Å². The molecule has 0 bridgehead atoms. The standard InChI is InChI=1S/C17H37NO/c1-5-7-8-9-10-11-12-13-17(18-14-6-2)15-19-16(3)4/h16-18H,5-15H2,1-4H3. The number of unbranched alkanes of at least 4 members (excludes halogenated alkanes) is 6. The van der Waals surface area contributed by atoms with E-state index in [1.165, 1.54) is 57.8 Å². The Balaban J connectivity index is 3.55. The van der Waals surface area contributed by atoms with E-state index >= 15 is 0 Å². The molecule has 2 heteroatoms. The minimum absolute atomic E-state index is 0.347. The van der Waals surface area contributed by atoms with Crippen molar-refractivity contribution in [2.45, 2.75) is 97.6 Å². The normalized spacial score (nSPS) is 13.1. The summed E-state index contributed by atoms with van der Waals surface area (Å²) in [6.45, 7) is 10.7. The molecule has 116 valence electrons. The zero-order valence-electron chi connectivity index (χ0n) is 13.8. The maximum Gasteiger partial charge on any atom is 0.0623 e. The van der Waals surface area contributed by atoms with E-state index in [0.29, 0.717) is 12.1 Å². The van der Waals surface area contributed by atoms with Crippen molar-refractivity contribution in [1.29, 1.82) is 0 Å². The van der Waals surface area contributed by atoms with Gasteiger partial charge in [0.1, 0.15) is 0 Å². The highest BCUT2D eigenvalue weighted by Gasteiger charge is 2.08. The first kappa shape index (κ1) is 18.9. The van der Waals surface area contributed by atoms with Gasteiger partial charge in [0.25, 0.3) is 0 Å². The molecule has 1 unspecified atom stereocenters.